The highest BCUT2D eigenvalue weighted by Crippen LogP contribution is 2.08. The largest absolute Gasteiger partial charge is 0.260 e. The molecule has 94 valence electrons. The lowest BCUT2D eigenvalue weighted by Gasteiger charge is -2.06. The third-order valence-corrected chi connectivity index (χ3v) is 4.39. The van der Waals surface area contributed by atoms with Crippen LogP contribution in [0.1, 0.15) is 19.5 Å². The molecular formula is C15H17NOS. The minimum atomic E-state index is -1.19. The number of rotatable bonds is 2. The molecule has 0 aliphatic heterocycles. The van der Waals surface area contributed by atoms with Crippen molar-refractivity contribution >= 4 is 23.1 Å². The van der Waals surface area contributed by atoms with Crippen LogP contribution < -0.4 is 10.6 Å². The zero-order valence-corrected chi connectivity index (χ0v) is 11.7. The molecule has 0 aliphatic carbocycles. The Balaban J connectivity index is 2.67. The van der Waals surface area contributed by atoms with Crippen molar-refractivity contribution in [3.05, 3.63) is 52.7 Å². The van der Waals surface area contributed by atoms with Crippen molar-refractivity contribution in [3.8, 4) is 0 Å². The molecule has 0 fully saturated rings. The van der Waals surface area contributed by atoms with E-state index in [0.29, 0.717) is 0 Å². The van der Waals surface area contributed by atoms with Gasteiger partial charge in [-0.05, 0) is 44.2 Å². The van der Waals surface area contributed by atoms with E-state index < -0.39 is 11.0 Å². The summed E-state index contributed by atoms with van der Waals surface area (Å²) < 4.78 is 14.5. The van der Waals surface area contributed by atoms with Gasteiger partial charge in [-0.1, -0.05) is 30.4 Å². The second-order valence-electron chi connectivity index (χ2n) is 4.06. The van der Waals surface area contributed by atoms with E-state index in [4.69, 9.17) is 0 Å². The number of aryl methyl sites for hydroxylation is 1. The monoisotopic (exact) mass is 259 g/mol. The molecule has 2 rings (SSSR count). The van der Waals surface area contributed by atoms with Gasteiger partial charge in [-0.15, -0.1) is 0 Å². The molecule has 0 saturated heterocycles. The minimum absolute atomic E-state index is 0.821. The summed E-state index contributed by atoms with van der Waals surface area (Å²) in [5.41, 5.74) is 1.01. The summed E-state index contributed by atoms with van der Waals surface area (Å²) in [6, 6.07) is 11.6. The van der Waals surface area contributed by atoms with Gasteiger partial charge in [0.1, 0.15) is 0 Å². The molecule has 1 unspecified atom stereocenters. The molecule has 0 N–H and O–H groups in total. The van der Waals surface area contributed by atoms with E-state index in [1.54, 1.807) is 0 Å². The Morgan fingerprint density at radius 3 is 2.33 bits per heavy atom. The van der Waals surface area contributed by atoms with Crippen LogP contribution in [0.3, 0.4) is 0 Å². The van der Waals surface area contributed by atoms with Gasteiger partial charge in [-0.25, -0.2) is 4.21 Å². The molecule has 3 heteroatoms. The van der Waals surface area contributed by atoms with Crippen LogP contribution in [0.25, 0.3) is 12.2 Å². The molecule has 1 aromatic carbocycles. The number of hydrogen-bond acceptors (Lipinski definition) is 1. The van der Waals surface area contributed by atoms with Crippen LogP contribution in [0, 0.1) is 6.92 Å². The van der Waals surface area contributed by atoms with Gasteiger partial charge < -0.3 is 0 Å². The van der Waals surface area contributed by atoms with E-state index in [-0.39, 0.29) is 0 Å². The number of hydrogen-bond donors (Lipinski definition) is 0. The maximum absolute atomic E-state index is 12.6. The van der Waals surface area contributed by atoms with E-state index in [2.05, 4.69) is 6.07 Å². The average molecular weight is 259 g/mol. The third kappa shape index (κ3) is 2.18. The van der Waals surface area contributed by atoms with Gasteiger partial charge in [0, 0.05) is 5.69 Å². The Morgan fingerprint density at radius 2 is 1.78 bits per heavy atom. The summed E-state index contributed by atoms with van der Waals surface area (Å²) in [5.74, 6) is 0. The Morgan fingerprint density at radius 1 is 1.11 bits per heavy atom. The van der Waals surface area contributed by atoms with Crippen molar-refractivity contribution in [1.29, 1.82) is 0 Å². The summed E-state index contributed by atoms with van der Waals surface area (Å²) in [6.45, 7) is 5.96. The van der Waals surface area contributed by atoms with Crippen molar-refractivity contribution in [3.63, 3.8) is 0 Å². The predicted octanol–water partition coefficient (Wildman–Crippen LogP) is 1.97. The fourth-order valence-electron chi connectivity index (χ4n) is 2.04. The van der Waals surface area contributed by atoms with Crippen LogP contribution in [0.5, 0.6) is 0 Å². The first-order valence-electron chi connectivity index (χ1n) is 5.97. The minimum Gasteiger partial charge on any atom is -0.260 e. The lowest BCUT2D eigenvalue weighted by atomic mass is 10.3. The SMILES string of the molecule is C/C=c1/cc(C)n(S(=O)c2ccccc2)/c1=C/C. The Bertz CT molecular complexity index is 683. The molecule has 0 bridgehead atoms. The first-order chi connectivity index (χ1) is 8.69. The molecule has 1 atom stereocenters. The molecule has 2 nitrogen and oxygen atoms in total. The van der Waals surface area contributed by atoms with Crippen molar-refractivity contribution in [1.82, 2.24) is 3.97 Å². The van der Waals surface area contributed by atoms with Crippen LogP contribution in [0.2, 0.25) is 0 Å². The van der Waals surface area contributed by atoms with Gasteiger partial charge in [-0.3, -0.25) is 3.97 Å². The number of nitrogens with zero attached hydrogens (tertiary/aromatic N) is 1. The Kier molecular flexibility index (Phi) is 3.82. The molecule has 1 aromatic heterocycles. The molecular weight excluding hydrogens is 242 g/mol. The second kappa shape index (κ2) is 5.36. The van der Waals surface area contributed by atoms with Gasteiger partial charge in [0.25, 0.3) is 0 Å². The zero-order chi connectivity index (χ0) is 13.1. The molecule has 2 aromatic rings. The maximum Gasteiger partial charge on any atom is 0.157 e. The Hall–Kier alpha value is -1.61. The van der Waals surface area contributed by atoms with E-state index in [9.17, 15) is 4.21 Å². The molecule has 0 radical (unpaired) electrons. The zero-order valence-electron chi connectivity index (χ0n) is 10.9. The van der Waals surface area contributed by atoms with Crippen LogP contribution in [-0.2, 0) is 11.0 Å². The molecule has 0 saturated carbocycles. The van der Waals surface area contributed by atoms with E-state index in [0.717, 1.165) is 21.2 Å². The van der Waals surface area contributed by atoms with E-state index in [1.165, 1.54) is 0 Å². The Labute approximate surface area is 110 Å². The highest BCUT2D eigenvalue weighted by Gasteiger charge is 2.10. The second-order valence-corrected chi connectivity index (χ2v) is 5.40. The topological polar surface area (TPSA) is 22.0 Å². The fraction of sp³-hybridized carbons (Fsp3) is 0.200. The van der Waals surface area contributed by atoms with Crippen molar-refractivity contribution in [2.75, 3.05) is 0 Å². The number of aromatic nitrogens is 1. The predicted molar refractivity (Wildman–Crippen MR) is 76.9 cm³/mol. The normalized spacial score (nSPS) is 15.1. The van der Waals surface area contributed by atoms with Gasteiger partial charge in [0.2, 0.25) is 0 Å². The molecule has 0 amide bonds. The summed E-state index contributed by atoms with van der Waals surface area (Å²) in [6.07, 6.45) is 4.05. The van der Waals surface area contributed by atoms with E-state index >= 15 is 0 Å². The molecule has 18 heavy (non-hydrogen) atoms. The standard InChI is InChI=1S/C15H17NOS/c1-4-13-11-12(3)16(15(13)5-2)18(17)14-9-7-6-8-10-14/h4-11H,1-3H3/b13-4-,15-5+. The number of benzene rings is 1. The van der Waals surface area contributed by atoms with Crippen LogP contribution in [0.4, 0.5) is 0 Å². The lowest BCUT2D eigenvalue weighted by Crippen LogP contribution is -2.30. The van der Waals surface area contributed by atoms with Gasteiger partial charge in [-0.2, -0.15) is 0 Å². The van der Waals surface area contributed by atoms with Crippen LogP contribution >= 0.6 is 0 Å². The van der Waals surface area contributed by atoms with Crippen molar-refractivity contribution in [2.45, 2.75) is 25.7 Å². The highest BCUT2D eigenvalue weighted by molar-refractivity contribution is 7.83. The summed E-state index contributed by atoms with van der Waals surface area (Å²) in [4.78, 5) is 0.821. The summed E-state index contributed by atoms with van der Waals surface area (Å²) >= 11 is 0. The average Bonchev–Trinajstić information content (AvgIpc) is 2.74. The highest BCUT2D eigenvalue weighted by atomic mass is 32.2. The molecule has 0 spiro atoms. The quantitative estimate of drug-likeness (QED) is 0.808. The first-order valence-corrected chi connectivity index (χ1v) is 7.08. The summed E-state index contributed by atoms with van der Waals surface area (Å²) in [5, 5.41) is 2.14. The fourth-order valence-corrected chi connectivity index (χ4v) is 3.35. The summed E-state index contributed by atoms with van der Waals surface area (Å²) in [7, 11) is -1.19. The van der Waals surface area contributed by atoms with Gasteiger partial charge in [0.15, 0.2) is 11.0 Å². The van der Waals surface area contributed by atoms with E-state index in [1.807, 2.05) is 67.2 Å². The van der Waals surface area contributed by atoms with Gasteiger partial charge in [0.05, 0.1) is 10.2 Å². The van der Waals surface area contributed by atoms with Crippen molar-refractivity contribution < 1.29 is 4.21 Å². The van der Waals surface area contributed by atoms with Crippen LogP contribution in [-0.4, -0.2) is 8.18 Å². The smallest absolute Gasteiger partial charge is 0.157 e. The van der Waals surface area contributed by atoms with Gasteiger partial charge >= 0.3 is 0 Å². The third-order valence-electron chi connectivity index (χ3n) is 2.89. The molecule has 0 aliphatic rings. The van der Waals surface area contributed by atoms with Crippen LogP contribution in [0.15, 0.2) is 41.3 Å². The maximum atomic E-state index is 12.6. The van der Waals surface area contributed by atoms with Crippen molar-refractivity contribution in [2.24, 2.45) is 0 Å². The first kappa shape index (κ1) is 12.8. The molecule has 1 heterocycles. The lowest BCUT2D eigenvalue weighted by molar-refractivity contribution is 0.675.